The van der Waals surface area contributed by atoms with E-state index in [2.05, 4.69) is 0 Å². The van der Waals surface area contributed by atoms with Crippen LogP contribution in [0.5, 0.6) is 0 Å². The Labute approximate surface area is 230 Å². The molecule has 0 saturated carbocycles. The molecule has 0 aliphatic carbocycles. The highest BCUT2D eigenvalue weighted by Gasteiger charge is 2.61. The summed E-state index contributed by atoms with van der Waals surface area (Å²) in [5, 5.41) is -1.50. The van der Waals surface area contributed by atoms with E-state index in [0.29, 0.717) is 16.8 Å². The number of nitrogens with zero attached hydrogens (tertiary/aromatic N) is 1. The predicted octanol–water partition coefficient (Wildman–Crippen LogP) is 6.72. The molecule has 1 atom stereocenters. The molecule has 0 bridgehead atoms. The highest BCUT2D eigenvalue weighted by atomic mass is 31.2. The number of imide groups is 1. The van der Waals surface area contributed by atoms with Crippen molar-refractivity contribution < 1.29 is 41.6 Å². The number of carbonyl (C=O) groups excluding carboxylic acids is 2. The molecule has 214 valence electrons. The van der Waals surface area contributed by atoms with Crippen molar-refractivity contribution in [1.29, 1.82) is 0 Å². The molecule has 3 rings (SSSR count). The molecule has 0 saturated heterocycles. The van der Waals surface area contributed by atoms with Gasteiger partial charge in [-0.05, 0) is 58.2 Å². The number of amides is 2. The van der Waals surface area contributed by atoms with Gasteiger partial charge in [-0.15, -0.1) is 0 Å². The molecule has 1 aliphatic rings. The standard InChI is InChI=1S/C27H37NO9P2/c1-6-33-26(30)28-23-19-15-14-18-22(23)27(25(28)29,21-16-12-11-13-17-21)20-24(38(31,34-7-2)35-8-3)39(32,36-9-4)37-10-5/h11-19,24H,6-10,20H2,1-5H3/t27-/m1/s1. The summed E-state index contributed by atoms with van der Waals surface area (Å²) in [4.78, 5) is 28.6. The summed E-state index contributed by atoms with van der Waals surface area (Å²) in [6.45, 7) is 8.22. The number of hydrogen-bond donors (Lipinski definition) is 0. The average Bonchev–Trinajstić information content (AvgIpc) is 3.16. The van der Waals surface area contributed by atoms with Gasteiger partial charge in [0.2, 0.25) is 0 Å². The van der Waals surface area contributed by atoms with Crippen LogP contribution in [0.25, 0.3) is 0 Å². The van der Waals surface area contributed by atoms with Crippen LogP contribution in [0.1, 0.15) is 52.2 Å². The van der Waals surface area contributed by atoms with Crippen LogP contribution in [0.15, 0.2) is 54.6 Å². The molecule has 2 amide bonds. The number of benzene rings is 2. The summed E-state index contributed by atoms with van der Waals surface area (Å²) < 4.78 is 56.8. The van der Waals surface area contributed by atoms with Crippen LogP contribution >= 0.6 is 15.2 Å². The molecule has 0 radical (unpaired) electrons. The van der Waals surface area contributed by atoms with Gasteiger partial charge in [0, 0.05) is 0 Å². The van der Waals surface area contributed by atoms with E-state index in [-0.39, 0.29) is 39.5 Å². The monoisotopic (exact) mass is 581 g/mol. The van der Waals surface area contributed by atoms with Gasteiger partial charge in [0.25, 0.3) is 5.91 Å². The van der Waals surface area contributed by atoms with Crippen LogP contribution in [-0.4, -0.2) is 50.4 Å². The Kier molecular flexibility index (Phi) is 10.7. The molecule has 39 heavy (non-hydrogen) atoms. The van der Waals surface area contributed by atoms with Crippen molar-refractivity contribution in [3.63, 3.8) is 0 Å². The Balaban J connectivity index is 2.38. The van der Waals surface area contributed by atoms with Crippen molar-refractivity contribution in [3.8, 4) is 0 Å². The smallest absolute Gasteiger partial charge is 0.421 e. The zero-order valence-corrected chi connectivity index (χ0v) is 24.8. The molecular formula is C27H37NO9P2. The first-order valence-corrected chi connectivity index (χ1v) is 16.3. The molecule has 12 heteroatoms. The predicted molar refractivity (Wildman–Crippen MR) is 148 cm³/mol. The third-order valence-electron chi connectivity index (χ3n) is 6.34. The lowest BCUT2D eigenvalue weighted by atomic mass is 9.73. The van der Waals surface area contributed by atoms with Crippen molar-refractivity contribution >= 4 is 32.9 Å². The molecule has 1 aliphatic heterocycles. The first-order valence-electron chi connectivity index (χ1n) is 13.1. The molecule has 0 spiro atoms. The second kappa shape index (κ2) is 13.4. The highest BCUT2D eigenvalue weighted by Crippen LogP contribution is 2.73. The van der Waals surface area contributed by atoms with E-state index >= 15 is 0 Å². The van der Waals surface area contributed by atoms with Crippen molar-refractivity contribution in [3.05, 3.63) is 65.7 Å². The Bertz CT molecular complexity index is 1190. The summed E-state index contributed by atoms with van der Waals surface area (Å²) in [7, 11) is -8.44. The molecule has 1 heterocycles. The summed E-state index contributed by atoms with van der Waals surface area (Å²) in [5.41, 5.74) is -0.353. The maximum atomic E-state index is 14.5. The third-order valence-corrected chi connectivity index (χ3v) is 12.3. The van der Waals surface area contributed by atoms with Crippen LogP contribution in [-0.2, 0) is 42.2 Å². The summed E-state index contributed by atoms with van der Waals surface area (Å²) in [6, 6.07) is 15.6. The lowest BCUT2D eigenvalue weighted by molar-refractivity contribution is -0.121. The molecule has 2 aromatic carbocycles. The van der Waals surface area contributed by atoms with Gasteiger partial charge in [-0.1, -0.05) is 48.5 Å². The molecule has 0 unspecified atom stereocenters. The second-order valence-electron chi connectivity index (χ2n) is 8.56. The van der Waals surface area contributed by atoms with Gasteiger partial charge in [0.15, 0.2) is 5.40 Å². The molecular weight excluding hydrogens is 544 g/mol. The minimum atomic E-state index is -4.22. The first kappa shape index (κ1) is 31.2. The number of carbonyl (C=O) groups is 2. The molecule has 0 aromatic heterocycles. The van der Waals surface area contributed by atoms with Crippen LogP contribution in [0.3, 0.4) is 0 Å². The Hall–Kier alpha value is -2.32. The van der Waals surface area contributed by atoms with Crippen molar-refractivity contribution in [2.24, 2.45) is 0 Å². The maximum absolute atomic E-state index is 14.5. The number of fused-ring (bicyclic) bond motifs is 1. The molecule has 0 fully saturated rings. The lowest BCUT2D eigenvalue weighted by Crippen LogP contribution is -2.46. The van der Waals surface area contributed by atoms with E-state index in [9.17, 15) is 18.7 Å². The van der Waals surface area contributed by atoms with Crippen LogP contribution in [0.2, 0.25) is 0 Å². The molecule has 0 N–H and O–H groups in total. The van der Waals surface area contributed by atoms with Crippen molar-refractivity contribution in [2.75, 3.05) is 37.9 Å². The summed E-state index contributed by atoms with van der Waals surface area (Å²) in [6.07, 6.45) is -1.20. The fourth-order valence-corrected chi connectivity index (χ4v) is 10.4. The van der Waals surface area contributed by atoms with Gasteiger partial charge in [0.05, 0.1) is 38.7 Å². The summed E-state index contributed by atoms with van der Waals surface area (Å²) in [5.74, 6) is -0.641. The Morgan fingerprint density at radius 2 is 1.26 bits per heavy atom. The normalized spacial score (nSPS) is 17.5. The van der Waals surface area contributed by atoms with Gasteiger partial charge in [-0.25, -0.2) is 9.69 Å². The Morgan fingerprint density at radius 3 is 1.74 bits per heavy atom. The van der Waals surface area contributed by atoms with Gasteiger partial charge in [0.1, 0.15) is 5.41 Å². The Morgan fingerprint density at radius 1 is 0.769 bits per heavy atom. The first-order chi connectivity index (χ1) is 18.7. The van der Waals surface area contributed by atoms with Gasteiger partial charge < -0.3 is 22.8 Å². The quantitative estimate of drug-likeness (QED) is 0.224. The second-order valence-corrected chi connectivity index (χ2v) is 13.4. The van der Waals surface area contributed by atoms with E-state index in [4.69, 9.17) is 22.8 Å². The van der Waals surface area contributed by atoms with Crippen LogP contribution in [0.4, 0.5) is 10.5 Å². The number of hydrogen-bond acceptors (Lipinski definition) is 9. The molecule has 10 nitrogen and oxygen atoms in total. The topological polar surface area (TPSA) is 118 Å². The number of para-hydroxylation sites is 1. The largest absolute Gasteiger partial charge is 0.449 e. The van der Waals surface area contributed by atoms with Gasteiger partial charge in [-0.3, -0.25) is 13.9 Å². The average molecular weight is 582 g/mol. The number of anilines is 1. The zero-order valence-electron chi connectivity index (χ0n) is 23.0. The van der Waals surface area contributed by atoms with Crippen LogP contribution in [0, 0.1) is 0 Å². The summed E-state index contributed by atoms with van der Waals surface area (Å²) >= 11 is 0. The zero-order chi connectivity index (χ0) is 28.7. The van der Waals surface area contributed by atoms with E-state index in [1.54, 1.807) is 89.2 Å². The fourth-order valence-electron chi connectivity index (χ4n) is 4.94. The van der Waals surface area contributed by atoms with Gasteiger partial charge >= 0.3 is 21.3 Å². The van der Waals surface area contributed by atoms with E-state index in [0.717, 1.165) is 4.90 Å². The minimum absolute atomic E-state index is 0.0101. The maximum Gasteiger partial charge on any atom is 0.421 e. The number of rotatable bonds is 14. The van der Waals surface area contributed by atoms with E-state index < -0.39 is 38.0 Å². The van der Waals surface area contributed by atoms with Crippen molar-refractivity contribution in [2.45, 2.75) is 51.9 Å². The van der Waals surface area contributed by atoms with Crippen LogP contribution < -0.4 is 4.90 Å². The van der Waals surface area contributed by atoms with E-state index in [1.807, 2.05) is 0 Å². The lowest BCUT2D eigenvalue weighted by Gasteiger charge is -2.37. The SMILES string of the molecule is CCOC(=O)N1C(=O)[C@](CC(P(=O)(OCC)OCC)P(=O)(OCC)OCC)(c2ccccc2)c2ccccc21. The third kappa shape index (κ3) is 5.92. The highest BCUT2D eigenvalue weighted by molar-refractivity contribution is 7.72. The molecule has 2 aromatic rings. The minimum Gasteiger partial charge on any atom is -0.449 e. The van der Waals surface area contributed by atoms with Gasteiger partial charge in [-0.2, -0.15) is 0 Å². The van der Waals surface area contributed by atoms with Crippen molar-refractivity contribution in [1.82, 2.24) is 0 Å². The van der Waals surface area contributed by atoms with E-state index in [1.165, 1.54) is 0 Å². The fraction of sp³-hybridized carbons (Fsp3) is 0.481. The number of ether oxygens (including phenoxy) is 1.